The van der Waals surface area contributed by atoms with Crippen molar-refractivity contribution in [3.63, 3.8) is 0 Å². The molecule has 0 fully saturated rings. The summed E-state index contributed by atoms with van der Waals surface area (Å²) in [5, 5.41) is 9.86. The molecule has 0 bridgehead atoms. The van der Waals surface area contributed by atoms with Gasteiger partial charge in [-0.05, 0) is 12.1 Å². The van der Waals surface area contributed by atoms with Crippen LogP contribution in [0.4, 0.5) is 11.6 Å². The van der Waals surface area contributed by atoms with E-state index in [9.17, 15) is 9.59 Å². The van der Waals surface area contributed by atoms with E-state index < -0.39 is 6.04 Å². The topological polar surface area (TPSA) is 107 Å². The van der Waals surface area contributed by atoms with E-state index in [1.54, 1.807) is 18.2 Å². The van der Waals surface area contributed by atoms with Gasteiger partial charge in [-0.25, -0.2) is 4.68 Å². The van der Waals surface area contributed by atoms with Crippen LogP contribution in [0.5, 0.6) is 11.5 Å². The number of carbonyl (C=O) groups is 2. The van der Waals surface area contributed by atoms with Gasteiger partial charge in [0.15, 0.2) is 17.3 Å². The molecule has 0 aliphatic carbocycles. The molecule has 0 spiro atoms. The standard InChI is InChI=1S/C17H19N5O4/c1-9(2)15-20-17-19-14(23)8-11(22(17)21-15)16(24)18-10-3-4-12-13(7-10)26-6-5-25-12/h3-4,7,9,11H,5-6,8H2,1-2H3,(H,18,24)(H,19,20,21,23)/t11-/m0/s1. The molecule has 4 rings (SSSR count). The maximum Gasteiger partial charge on any atom is 0.249 e. The van der Waals surface area contributed by atoms with Crippen molar-refractivity contribution in [1.29, 1.82) is 0 Å². The lowest BCUT2D eigenvalue weighted by atomic mass is 10.1. The number of fused-ring (bicyclic) bond motifs is 2. The quantitative estimate of drug-likeness (QED) is 0.866. The van der Waals surface area contributed by atoms with Gasteiger partial charge >= 0.3 is 0 Å². The molecule has 2 aromatic rings. The molecule has 26 heavy (non-hydrogen) atoms. The first-order chi connectivity index (χ1) is 12.5. The molecular formula is C17H19N5O4. The first kappa shape index (κ1) is 16.4. The van der Waals surface area contributed by atoms with Gasteiger partial charge in [0.2, 0.25) is 17.8 Å². The van der Waals surface area contributed by atoms with Crippen LogP contribution in [0.25, 0.3) is 0 Å². The van der Waals surface area contributed by atoms with E-state index in [0.29, 0.717) is 42.2 Å². The Morgan fingerprint density at radius 1 is 1.31 bits per heavy atom. The first-order valence-corrected chi connectivity index (χ1v) is 8.48. The summed E-state index contributed by atoms with van der Waals surface area (Å²) in [5.41, 5.74) is 0.566. The zero-order chi connectivity index (χ0) is 18.3. The van der Waals surface area contributed by atoms with Crippen molar-refractivity contribution in [1.82, 2.24) is 14.8 Å². The largest absolute Gasteiger partial charge is 0.486 e. The highest BCUT2D eigenvalue weighted by Crippen LogP contribution is 2.33. The van der Waals surface area contributed by atoms with Gasteiger partial charge in [-0.3, -0.25) is 14.9 Å². The lowest BCUT2D eigenvalue weighted by Crippen LogP contribution is -2.36. The second kappa shape index (κ2) is 6.32. The molecule has 3 heterocycles. The number of anilines is 2. The Balaban J connectivity index is 1.58. The van der Waals surface area contributed by atoms with Crippen molar-refractivity contribution in [2.75, 3.05) is 23.8 Å². The number of hydrogen-bond acceptors (Lipinski definition) is 6. The molecule has 1 aromatic heterocycles. The van der Waals surface area contributed by atoms with Crippen LogP contribution in [0.1, 0.15) is 38.1 Å². The van der Waals surface area contributed by atoms with Crippen molar-refractivity contribution in [2.24, 2.45) is 0 Å². The molecule has 2 aliphatic rings. The fourth-order valence-electron chi connectivity index (χ4n) is 2.88. The highest BCUT2D eigenvalue weighted by atomic mass is 16.6. The van der Waals surface area contributed by atoms with Crippen LogP contribution in [0.2, 0.25) is 0 Å². The molecule has 9 heteroatoms. The number of rotatable bonds is 3. The summed E-state index contributed by atoms with van der Waals surface area (Å²) in [7, 11) is 0. The van der Waals surface area contributed by atoms with Gasteiger partial charge in [0, 0.05) is 17.7 Å². The lowest BCUT2D eigenvalue weighted by Gasteiger charge is -2.23. The zero-order valence-corrected chi connectivity index (χ0v) is 14.5. The number of amides is 2. The normalized spacial score (nSPS) is 18.3. The van der Waals surface area contributed by atoms with E-state index in [1.807, 2.05) is 13.8 Å². The van der Waals surface area contributed by atoms with Gasteiger partial charge in [0.1, 0.15) is 19.3 Å². The minimum atomic E-state index is -0.757. The van der Waals surface area contributed by atoms with Crippen LogP contribution >= 0.6 is 0 Å². The molecule has 1 aromatic carbocycles. The molecule has 1 atom stereocenters. The summed E-state index contributed by atoms with van der Waals surface area (Å²) in [6.45, 7) is 4.87. The van der Waals surface area contributed by atoms with Gasteiger partial charge in [0.25, 0.3) is 0 Å². The number of nitrogens with zero attached hydrogens (tertiary/aromatic N) is 3. The molecule has 9 nitrogen and oxygen atoms in total. The number of aromatic nitrogens is 3. The van der Waals surface area contributed by atoms with Crippen LogP contribution < -0.4 is 20.1 Å². The summed E-state index contributed by atoms with van der Waals surface area (Å²) in [6, 6.07) is 4.43. The van der Waals surface area contributed by atoms with E-state index in [1.165, 1.54) is 4.68 Å². The molecule has 2 amide bonds. The smallest absolute Gasteiger partial charge is 0.249 e. The van der Waals surface area contributed by atoms with Crippen LogP contribution in [-0.4, -0.2) is 39.8 Å². The molecule has 136 valence electrons. The Bertz CT molecular complexity index is 876. The van der Waals surface area contributed by atoms with E-state index >= 15 is 0 Å². The Morgan fingerprint density at radius 3 is 2.85 bits per heavy atom. The average Bonchev–Trinajstić information content (AvgIpc) is 3.05. The van der Waals surface area contributed by atoms with Gasteiger partial charge in [0.05, 0.1) is 6.42 Å². The summed E-state index contributed by atoms with van der Waals surface area (Å²) >= 11 is 0. The highest BCUT2D eigenvalue weighted by Gasteiger charge is 2.33. The maximum absolute atomic E-state index is 12.8. The number of benzene rings is 1. The second-order valence-corrected chi connectivity index (χ2v) is 6.51. The number of carbonyl (C=O) groups excluding carboxylic acids is 2. The summed E-state index contributed by atoms with van der Waals surface area (Å²) in [6.07, 6.45) is 0.00425. The second-order valence-electron chi connectivity index (χ2n) is 6.51. The molecule has 2 N–H and O–H groups in total. The zero-order valence-electron chi connectivity index (χ0n) is 14.5. The Labute approximate surface area is 149 Å². The van der Waals surface area contributed by atoms with Crippen molar-refractivity contribution in [2.45, 2.75) is 32.2 Å². The van der Waals surface area contributed by atoms with Gasteiger partial charge in [-0.1, -0.05) is 13.8 Å². The van der Waals surface area contributed by atoms with E-state index in [2.05, 4.69) is 20.7 Å². The van der Waals surface area contributed by atoms with Gasteiger partial charge < -0.3 is 14.8 Å². The molecule has 0 unspecified atom stereocenters. The fraction of sp³-hybridized carbons (Fsp3) is 0.412. The monoisotopic (exact) mass is 357 g/mol. The number of ether oxygens (including phenoxy) is 2. The Hall–Kier alpha value is -3.10. The number of nitrogens with one attached hydrogen (secondary N) is 2. The van der Waals surface area contributed by atoms with E-state index in [4.69, 9.17) is 9.47 Å². The SMILES string of the molecule is CC(C)c1nc2n(n1)[C@H](C(=O)Nc1ccc3c(c1)OCCO3)CC(=O)N2. The van der Waals surface area contributed by atoms with E-state index in [-0.39, 0.29) is 24.2 Å². The predicted molar refractivity (Wildman–Crippen MR) is 92.5 cm³/mol. The third-order valence-electron chi connectivity index (χ3n) is 4.20. The summed E-state index contributed by atoms with van der Waals surface area (Å²) in [4.78, 5) is 29.0. The van der Waals surface area contributed by atoms with Crippen molar-refractivity contribution in [3.8, 4) is 11.5 Å². The minimum absolute atomic E-state index is 0.00425. The number of hydrogen-bond donors (Lipinski definition) is 2. The van der Waals surface area contributed by atoms with Crippen LogP contribution in [-0.2, 0) is 9.59 Å². The molecular weight excluding hydrogens is 338 g/mol. The average molecular weight is 357 g/mol. The third kappa shape index (κ3) is 2.96. The van der Waals surface area contributed by atoms with Crippen molar-refractivity contribution >= 4 is 23.5 Å². The fourth-order valence-corrected chi connectivity index (χ4v) is 2.88. The Morgan fingerprint density at radius 2 is 2.08 bits per heavy atom. The van der Waals surface area contributed by atoms with Gasteiger partial charge in [-0.15, -0.1) is 0 Å². The Kier molecular flexibility index (Phi) is 3.98. The summed E-state index contributed by atoms with van der Waals surface area (Å²) < 4.78 is 12.5. The van der Waals surface area contributed by atoms with Gasteiger partial charge in [-0.2, -0.15) is 10.1 Å². The van der Waals surface area contributed by atoms with Crippen LogP contribution in [0, 0.1) is 0 Å². The predicted octanol–water partition coefficient (Wildman–Crippen LogP) is 1.69. The molecule has 2 aliphatic heterocycles. The van der Waals surface area contributed by atoms with Crippen molar-refractivity contribution < 1.29 is 19.1 Å². The summed E-state index contributed by atoms with van der Waals surface area (Å²) in [5.74, 6) is 1.60. The molecule has 0 saturated heterocycles. The maximum atomic E-state index is 12.8. The van der Waals surface area contributed by atoms with Crippen LogP contribution in [0.3, 0.4) is 0 Å². The molecule has 0 saturated carbocycles. The molecule has 0 radical (unpaired) electrons. The first-order valence-electron chi connectivity index (χ1n) is 8.48. The lowest BCUT2D eigenvalue weighted by molar-refractivity contribution is -0.125. The van der Waals surface area contributed by atoms with Crippen LogP contribution in [0.15, 0.2) is 18.2 Å². The highest BCUT2D eigenvalue weighted by molar-refractivity contribution is 6.00. The minimum Gasteiger partial charge on any atom is -0.486 e. The van der Waals surface area contributed by atoms with E-state index in [0.717, 1.165) is 0 Å². The van der Waals surface area contributed by atoms with Crippen molar-refractivity contribution in [3.05, 3.63) is 24.0 Å². The third-order valence-corrected chi connectivity index (χ3v) is 4.20.